The number of fused-ring (bicyclic) bond motifs is 3. The van der Waals surface area contributed by atoms with Crippen LogP contribution < -0.4 is 10.6 Å². The fourth-order valence-corrected chi connectivity index (χ4v) is 4.82. The number of ether oxygens (including phenoxy) is 2. The molecule has 0 aromatic heterocycles. The second-order valence-corrected chi connectivity index (χ2v) is 8.14. The first-order chi connectivity index (χ1) is 13.7. The zero-order chi connectivity index (χ0) is 19.0. The van der Waals surface area contributed by atoms with E-state index in [0.717, 1.165) is 51.0 Å². The topological polar surface area (TPSA) is 59.6 Å². The van der Waals surface area contributed by atoms with Crippen LogP contribution in [0.25, 0.3) is 11.1 Å². The molecule has 2 heterocycles. The predicted molar refractivity (Wildman–Crippen MR) is 109 cm³/mol. The zero-order valence-electron chi connectivity index (χ0n) is 16.0. The standard InChI is InChI=1S/C23H26N2O3/c26-22(25-19-7-10-28-23(15-19)8-11-27-12-9-23)24-18-5-6-21-17(14-18)13-16-3-1-2-4-20(16)21/h1-6,14,19H,7-13,15H2,(H2,24,25,26). The lowest BCUT2D eigenvalue weighted by Gasteiger charge is -2.43. The summed E-state index contributed by atoms with van der Waals surface area (Å²) in [6, 6.07) is 14.7. The highest BCUT2D eigenvalue weighted by molar-refractivity contribution is 5.90. The van der Waals surface area contributed by atoms with Crippen molar-refractivity contribution in [1.29, 1.82) is 0 Å². The van der Waals surface area contributed by atoms with Gasteiger partial charge in [0.1, 0.15) is 0 Å². The molecule has 28 heavy (non-hydrogen) atoms. The molecule has 2 aromatic rings. The van der Waals surface area contributed by atoms with Crippen LogP contribution in [0.15, 0.2) is 42.5 Å². The molecule has 1 spiro atoms. The minimum absolute atomic E-state index is 0.117. The summed E-state index contributed by atoms with van der Waals surface area (Å²) in [5, 5.41) is 6.17. The molecule has 0 saturated carbocycles. The molecule has 146 valence electrons. The van der Waals surface area contributed by atoms with Gasteiger partial charge in [0.25, 0.3) is 0 Å². The van der Waals surface area contributed by atoms with E-state index in [1.807, 2.05) is 6.07 Å². The molecule has 2 fully saturated rings. The van der Waals surface area contributed by atoms with E-state index in [0.29, 0.717) is 6.61 Å². The molecule has 1 aliphatic carbocycles. The molecule has 2 aromatic carbocycles. The largest absolute Gasteiger partial charge is 0.381 e. The number of anilines is 1. The summed E-state index contributed by atoms with van der Waals surface area (Å²) in [6.07, 6.45) is 4.47. The Hall–Kier alpha value is -2.37. The number of rotatable bonds is 2. The Morgan fingerprint density at radius 1 is 1.00 bits per heavy atom. The molecule has 2 aliphatic heterocycles. The fourth-order valence-electron chi connectivity index (χ4n) is 4.82. The molecule has 5 nitrogen and oxygen atoms in total. The third-order valence-corrected chi connectivity index (χ3v) is 6.28. The van der Waals surface area contributed by atoms with Crippen molar-refractivity contribution in [3.63, 3.8) is 0 Å². The van der Waals surface area contributed by atoms with Gasteiger partial charge in [0, 0.05) is 31.5 Å². The van der Waals surface area contributed by atoms with Gasteiger partial charge in [-0.3, -0.25) is 0 Å². The Bertz CT molecular complexity index is 884. The Kier molecular flexibility index (Phi) is 4.57. The van der Waals surface area contributed by atoms with Gasteiger partial charge in [0.2, 0.25) is 0 Å². The molecule has 5 rings (SSSR count). The van der Waals surface area contributed by atoms with E-state index in [1.54, 1.807) is 0 Å². The van der Waals surface area contributed by atoms with E-state index in [9.17, 15) is 4.79 Å². The molecule has 0 radical (unpaired) electrons. The summed E-state index contributed by atoms with van der Waals surface area (Å²) in [6.45, 7) is 2.19. The predicted octanol–water partition coefficient (Wildman–Crippen LogP) is 4.11. The lowest BCUT2D eigenvalue weighted by Crippen LogP contribution is -2.51. The molecule has 1 unspecified atom stereocenters. The number of hydrogen-bond acceptors (Lipinski definition) is 3. The summed E-state index contributed by atoms with van der Waals surface area (Å²) in [5.41, 5.74) is 5.92. The second-order valence-electron chi connectivity index (χ2n) is 8.14. The van der Waals surface area contributed by atoms with Gasteiger partial charge in [-0.1, -0.05) is 30.3 Å². The Morgan fingerprint density at radius 2 is 1.82 bits per heavy atom. The summed E-state index contributed by atoms with van der Waals surface area (Å²) >= 11 is 0. The monoisotopic (exact) mass is 378 g/mol. The Morgan fingerprint density at radius 3 is 2.71 bits per heavy atom. The first-order valence-electron chi connectivity index (χ1n) is 10.2. The van der Waals surface area contributed by atoms with Crippen LogP contribution in [0.4, 0.5) is 10.5 Å². The maximum absolute atomic E-state index is 12.6. The molecule has 2 saturated heterocycles. The highest BCUT2D eigenvalue weighted by Crippen LogP contribution is 2.38. The maximum atomic E-state index is 12.6. The van der Waals surface area contributed by atoms with Crippen molar-refractivity contribution in [2.24, 2.45) is 0 Å². The maximum Gasteiger partial charge on any atom is 0.319 e. The van der Waals surface area contributed by atoms with Crippen molar-refractivity contribution < 1.29 is 14.3 Å². The Balaban J connectivity index is 1.22. The summed E-state index contributed by atoms with van der Waals surface area (Å²) in [5.74, 6) is 0. The van der Waals surface area contributed by atoms with E-state index in [-0.39, 0.29) is 17.7 Å². The third-order valence-electron chi connectivity index (χ3n) is 6.28. The van der Waals surface area contributed by atoms with Crippen LogP contribution in [0.5, 0.6) is 0 Å². The molecule has 5 heteroatoms. The van der Waals surface area contributed by atoms with Crippen LogP contribution in [0.1, 0.15) is 36.8 Å². The number of nitrogens with one attached hydrogen (secondary N) is 2. The third kappa shape index (κ3) is 3.40. The van der Waals surface area contributed by atoms with Crippen molar-refractivity contribution in [2.45, 2.75) is 43.7 Å². The first-order valence-corrected chi connectivity index (χ1v) is 10.2. The van der Waals surface area contributed by atoms with E-state index < -0.39 is 0 Å². The van der Waals surface area contributed by atoms with Gasteiger partial charge in [-0.25, -0.2) is 4.79 Å². The van der Waals surface area contributed by atoms with Crippen LogP contribution in [0.3, 0.4) is 0 Å². The van der Waals surface area contributed by atoms with E-state index >= 15 is 0 Å². The lowest BCUT2D eigenvalue weighted by atomic mass is 9.84. The molecule has 3 aliphatic rings. The number of amides is 2. The Labute approximate surface area is 165 Å². The number of hydrogen-bond donors (Lipinski definition) is 2. The van der Waals surface area contributed by atoms with Crippen molar-refractivity contribution in [3.8, 4) is 11.1 Å². The van der Waals surface area contributed by atoms with Crippen LogP contribution >= 0.6 is 0 Å². The van der Waals surface area contributed by atoms with Gasteiger partial charge in [0.05, 0.1) is 5.60 Å². The van der Waals surface area contributed by atoms with Gasteiger partial charge in [0.15, 0.2) is 0 Å². The number of carbonyl (C=O) groups is 1. The van der Waals surface area contributed by atoms with Crippen molar-refractivity contribution >= 4 is 11.7 Å². The fraction of sp³-hybridized carbons (Fsp3) is 0.435. The normalized spacial score (nSPS) is 22.4. The van der Waals surface area contributed by atoms with Gasteiger partial charge in [-0.2, -0.15) is 0 Å². The summed E-state index contributed by atoms with van der Waals surface area (Å²) in [7, 11) is 0. The SMILES string of the molecule is O=C(Nc1ccc2c(c1)Cc1ccccc1-2)NC1CCOC2(CCOCC2)C1. The van der Waals surface area contributed by atoms with Crippen molar-refractivity contribution in [1.82, 2.24) is 5.32 Å². The minimum Gasteiger partial charge on any atom is -0.381 e. The summed E-state index contributed by atoms with van der Waals surface area (Å²) < 4.78 is 11.5. The molecule has 1 atom stereocenters. The number of benzene rings is 2. The average molecular weight is 378 g/mol. The van der Waals surface area contributed by atoms with E-state index in [2.05, 4.69) is 47.0 Å². The summed E-state index contributed by atoms with van der Waals surface area (Å²) in [4.78, 5) is 12.6. The van der Waals surface area contributed by atoms with Crippen LogP contribution in [0, 0.1) is 0 Å². The minimum atomic E-state index is -0.135. The quantitative estimate of drug-likeness (QED) is 0.706. The number of carbonyl (C=O) groups excluding carboxylic acids is 1. The molecule has 2 N–H and O–H groups in total. The first kappa shape index (κ1) is 17.7. The molecular weight excluding hydrogens is 352 g/mol. The highest BCUT2D eigenvalue weighted by Gasteiger charge is 2.39. The van der Waals surface area contributed by atoms with Gasteiger partial charge in [-0.05, 0) is 66.5 Å². The number of urea groups is 1. The van der Waals surface area contributed by atoms with Crippen LogP contribution in [0.2, 0.25) is 0 Å². The highest BCUT2D eigenvalue weighted by atomic mass is 16.5. The van der Waals surface area contributed by atoms with E-state index in [4.69, 9.17) is 9.47 Å². The van der Waals surface area contributed by atoms with Crippen molar-refractivity contribution in [3.05, 3.63) is 53.6 Å². The van der Waals surface area contributed by atoms with Crippen LogP contribution in [-0.2, 0) is 15.9 Å². The molecule has 0 bridgehead atoms. The molecular formula is C23H26N2O3. The average Bonchev–Trinajstić information content (AvgIpc) is 3.06. The van der Waals surface area contributed by atoms with Crippen LogP contribution in [-0.4, -0.2) is 37.5 Å². The zero-order valence-corrected chi connectivity index (χ0v) is 16.0. The van der Waals surface area contributed by atoms with Gasteiger partial charge in [-0.15, -0.1) is 0 Å². The van der Waals surface area contributed by atoms with Gasteiger partial charge < -0.3 is 20.1 Å². The van der Waals surface area contributed by atoms with Gasteiger partial charge >= 0.3 is 6.03 Å². The lowest BCUT2D eigenvalue weighted by molar-refractivity contribution is -0.139. The van der Waals surface area contributed by atoms with E-state index in [1.165, 1.54) is 22.3 Å². The molecule has 2 amide bonds. The van der Waals surface area contributed by atoms with Crippen molar-refractivity contribution in [2.75, 3.05) is 25.1 Å². The smallest absolute Gasteiger partial charge is 0.319 e. The second kappa shape index (κ2) is 7.22.